The number of aryl methyl sites for hydroxylation is 1. The zero-order valence-corrected chi connectivity index (χ0v) is 17.8. The van der Waals surface area contributed by atoms with Crippen LogP contribution in [0.25, 0.3) is 16.6 Å². The summed E-state index contributed by atoms with van der Waals surface area (Å²) in [6, 6.07) is 13.8. The number of pyridine rings is 1. The fraction of sp³-hybridized carbons (Fsp3) is 0.333. The molecule has 0 radical (unpaired) electrons. The van der Waals surface area contributed by atoms with Crippen molar-refractivity contribution >= 4 is 22.2 Å². The molecule has 0 saturated carbocycles. The third-order valence-electron chi connectivity index (χ3n) is 6.19. The van der Waals surface area contributed by atoms with Crippen LogP contribution in [0.3, 0.4) is 0 Å². The number of hydrogen-bond acceptors (Lipinski definition) is 5. The first-order valence-electron chi connectivity index (χ1n) is 10.8. The molecule has 0 bridgehead atoms. The molecule has 5 rings (SSSR count). The summed E-state index contributed by atoms with van der Waals surface area (Å²) in [5.41, 5.74) is 3.88. The highest BCUT2D eigenvalue weighted by Gasteiger charge is 2.17. The van der Waals surface area contributed by atoms with Crippen molar-refractivity contribution in [2.24, 2.45) is 0 Å². The van der Waals surface area contributed by atoms with Crippen LogP contribution in [0.4, 0.5) is 5.69 Å². The second kappa shape index (κ2) is 8.43. The van der Waals surface area contributed by atoms with Gasteiger partial charge in [0, 0.05) is 51.2 Å². The zero-order chi connectivity index (χ0) is 21.2. The van der Waals surface area contributed by atoms with Crippen molar-refractivity contribution in [3.8, 4) is 5.75 Å². The molecule has 7 heteroatoms. The van der Waals surface area contributed by atoms with Crippen LogP contribution in [0.2, 0.25) is 0 Å². The quantitative estimate of drug-likeness (QED) is 0.483. The van der Waals surface area contributed by atoms with Crippen LogP contribution in [-0.2, 0) is 6.54 Å². The summed E-state index contributed by atoms with van der Waals surface area (Å²) in [6.45, 7) is 5.75. The summed E-state index contributed by atoms with van der Waals surface area (Å²) in [4.78, 5) is 22.2. The minimum absolute atomic E-state index is 0.0593. The van der Waals surface area contributed by atoms with Gasteiger partial charge in [0.05, 0.1) is 30.0 Å². The van der Waals surface area contributed by atoms with Gasteiger partial charge in [0.15, 0.2) is 0 Å². The predicted molar refractivity (Wildman–Crippen MR) is 123 cm³/mol. The van der Waals surface area contributed by atoms with Crippen molar-refractivity contribution < 1.29 is 4.74 Å². The molecule has 7 nitrogen and oxygen atoms in total. The van der Waals surface area contributed by atoms with Gasteiger partial charge in [-0.3, -0.25) is 14.7 Å². The first-order chi connectivity index (χ1) is 15.2. The molecule has 4 heterocycles. The van der Waals surface area contributed by atoms with Crippen LogP contribution in [0.15, 0.2) is 65.8 Å². The molecule has 31 heavy (non-hydrogen) atoms. The van der Waals surface area contributed by atoms with Gasteiger partial charge in [-0.2, -0.15) is 0 Å². The normalized spacial score (nSPS) is 15.1. The Bertz CT molecular complexity index is 1240. The van der Waals surface area contributed by atoms with Gasteiger partial charge in [-0.15, -0.1) is 0 Å². The number of hydrogen-bond donors (Lipinski definition) is 0. The lowest BCUT2D eigenvalue weighted by Crippen LogP contribution is -2.46. The average molecular weight is 418 g/mol. The predicted octanol–water partition coefficient (Wildman–Crippen LogP) is 2.87. The van der Waals surface area contributed by atoms with E-state index in [1.54, 1.807) is 7.11 Å². The van der Waals surface area contributed by atoms with Gasteiger partial charge in [0.2, 0.25) is 0 Å². The third-order valence-corrected chi connectivity index (χ3v) is 6.19. The second-order valence-corrected chi connectivity index (χ2v) is 7.97. The van der Waals surface area contributed by atoms with E-state index in [0.717, 1.165) is 55.9 Å². The van der Waals surface area contributed by atoms with E-state index in [4.69, 9.17) is 4.74 Å². The summed E-state index contributed by atoms with van der Waals surface area (Å²) in [5, 5.41) is 0. The molecule has 0 atom stereocenters. The molecule has 0 N–H and O–H groups in total. The SMILES string of the molecule is COc1ccc2c(c1)n1cccc1c(=O)n2CCCN1CCN(c2cccnc2)CC1. The largest absolute Gasteiger partial charge is 0.497 e. The first-order valence-corrected chi connectivity index (χ1v) is 10.8. The fourth-order valence-corrected chi connectivity index (χ4v) is 4.51. The highest BCUT2D eigenvalue weighted by atomic mass is 16.5. The molecular weight excluding hydrogens is 390 g/mol. The van der Waals surface area contributed by atoms with Crippen molar-refractivity contribution in [1.82, 2.24) is 18.9 Å². The molecule has 1 aliphatic heterocycles. The van der Waals surface area contributed by atoms with Crippen molar-refractivity contribution in [1.29, 1.82) is 0 Å². The van der Waals surface area contributed by atoms with Crippen LogP contribution in [0, 0.1) is 0 Å². The summed E-state index contributed by atoms with van der Waals surface area (Å²) >= 11 is 0. The van der Waals surface area contributed by atoms with Crippen molar-refractivity contribution in [3.05, 3.63) is 71.4 Å². The van der Waals surface area contributed by atoms with Crippen LogP contribution in [-0.4, -0.2) is 58.7 Å². The lowest BCUT2D eigenvalue weighted by Gasteiger charge is -2.36. The number of piperazine rings is 1. The monoisotopic (exact) mass is 417 g/mol. The number of ether oxygens (including phenoxy) is 1. The van der Waals surface area contributed by atoms with Gasteiger partial charge in [0.25, 0.3) is 5.56 Å². The Kier molecular flexibility index (Phi) is 5.34. The fourth-order valence-electron chi connectivity index (χ4n) is 4.51. The van der Waals surface area contributed by atoms with E-state index >= 15 is 0 Å². The standard InChI is InChI=1S/C24H27N5O2/c1-31-20-7-8-21-23(17-20)28-11-3-6-22(28)24(30)29(21)12-4-10-26-13-15-27(16-14-26)19-5-2-9-25-18-19/h2-3,5-9,11,17-18H,4,10,12-16H2,1H3. The summed E-state index contributed by atoms with van der Waals surface area (Å²) < 4.78 is 9.27. The topological polar surface area (TPSA) is 55.0 Å². The summed E-state index contributed by atoms with van der Waals surface area (Å²) in [6.07, 6.45) is 6.61. The lowest BCUT2D eigenvalue weighted by atomic mass is 10.2. The lowest BCUT2D eigenvalue weighted by molar-refractivity contribution is 0.250. The van der Waals surface area contributed by atoms with Gasteiger partial charge in [0.1, 0.15) is 11.3 Å². The van der Waals surface area contributed by atoms with E-state index in [0.29, 0.717) is 12.1 Å². The zero-order valence-electron chi connectivity index (χ0n) is 17.8. The molecule has 1 aromatic carbocycles. The molecule has 3 aromatic heterocycles. The highest BCUT2D eigenvalue weighted by molar-refractivity contribution is 5.80. The van der Waals surface area contributed by atoms with Gasteiger partial charge >= 0.3 is 0 Å². The number of rotatable bonds is 6. The molecule has 160 valence electrons. The van der Waals surface area contributed by atoms with Crippen molar-refractivity contribution in [3.63, 3.8) is 0 Å². The Morgan fingerprint density at radius 3 is 2.61 bits per heavy atom. The molecular formula is C24H27N5O2. The minimum atomic E-state index is 0.0593. The van der Waals surface area contributed by atoms with Crippen LogP contribution >= 0.6 is 0 Å². The van der Waals surface area contributed by atoms with Crippen molar-refractivity contribution in [2.45, 2.75) is 13.0 Å². The summed E-state index contributed by atoms with van der Waals surface area (Å²) in [5.74, 6) is 0.791. The smallest absolute Gasteiger partial charge is 0.275 e. The van der Waals surface area contributed by atoms with E-state index in [-0.39, 0.29) is 5.56 Å². The van der Waals surface area contributed by atoms with Crippen LogP contribution in [0.5, 0.6) is 5.75 Å². The Labute approximate surface area is 181 Å². The van der Waals surface area contributed by atoms with E-state index in [1.165, 1.54) is 5.69 Å². The number of anilines is 1. The molecule has 1 fully saturated rings. The molecule has 0 unspecified atom stereocenters. The van der Waals surface area contributed by atoms with E-state index < -0.39 is 0 Å². The average Bonchev–Trinajstić information content (AvgIpc) is 3.32. The van der Waals surface area contributed by atoms with E-state index in [2.05, 4.69) is 20.9 Å². The maximum Gasteiger partial charge on any atom is 0.275 e. The van der Waals surface area contributed by atoms with Crippen LogP contribution in [0.1, 0.15) is 6.42 Å². The minimum Gasteiger partial charge on any atom is -0.497 e. The number of nitrogens with zero attached hydrogens (tertiary/aromatic N) is 5. The molecule has 1 aliphatic rings. The Hall–Kier alpha value is -3.32. The van der Waals surface area contributed by atoms with Crippen LogP contribution < -0.4 is 15.2 Å². The molecule has 0 spiro atoms. The molecule has 4 aromatic rings. The molecule has 0 amide bonds. The number of aromatic nitrogens is 3. The van der Waals surface area contributed by atoms with E-state index in [9.17, 15) is 4.79 Å². The van der Waals surface area contributed by atoms with Gasteiger partial charge in [-0.25, -0.2) is 0 Å². The maximum atomic E-state index is 13.1. The number of benzene rings is 1. The third kappa shape index (κ3) is 3.77. The first kappa shape index (κ1) is 19.6. The van der Waals surface area contributed by atoms with E-state index in [1.807, 2.05) is 64.0 Å². The molecule has 1 saturated heterocycles. The van der Waals surface area contributed by atoms with Crippen molar-refractivity contribution in [2.75, 3.05) is 44.7 Å². The van der Waals surface area contributed by atoms with Gasteiger partial charge in [-0.05, 0) is 49.4 Å². The number of fused-ring (bicyclic) bond motifs is 3. The highest BCUT2D eigenvalue weighted by Crippen LogP contribution is 2.22. The molecule has 0 aliphatic carbocycles. The Morgan fingerprint density at radius 2 is 1.84 bits per heavy atom. The Morgan fingerprint density at radius 1 is 0.968 bits per heavy atom. The van der Waals surface area contributed by atoms with Gasteiger partial charge < -0.3 is 18.6 Å². The maximum absolute atomic E-state index is 13.1. The summed E-state index contributed by atoms with van der Waals surface area (Å²) in [7, 11) is 1.66. The number of methoxy groups -OCH3 is 1. The Balaban J connectivity index is 1.29. The second-order valence-electron chi connectivity index (χ2n) is 7.97. The van der Waals surface area contributed by atoms with Gasteiger partial charge in [-0.1, -0.05) is 0 Å².